The van der Waals surface area contributed by atoms with Crippen molar-refractivity contribution in [2.75, 3.05) is 58.9 Å². The molecule has 9 N–H and O–H groups in total. The molecule has 0 aromatic rings. The van der Waals surface area contributed by atoms with Gasteiger partial charge in [-0.3, -0.25) is 4.99 Å². The van der Waals surface area contributed by atoms with Crippen LogP contribution in [0, 0.1) is 0 Å². The van der Waals surface area contributed by atoms with Crippen molar-refractivity contribution in [3.05, 3.63) is 0 Å². The molecule has 0 fully saturated rings. The highest BCUT2D eigenvalue weighted by molar-refractivity contribution is 5.80. The van der Waals surface area contributed by atoms with Crippen LogP contribution in [0.25, 0.3) is 0 Å². The molecule has 0 aromatic heterocycles. The van der Waals surface area contributed by atoms with Crippen LogP contribution in [-0.4, -0.2) is 64.7 Å². The highest BCUT2D eigenvalue weighted by Gasteiger charge is 1.90. The quantitative estimate of drug-likeness (QED) is 0.123. The highest BCUT2D eigenvalue weighted by Crippen LogP contribution is 1.76. The van der Waals surface area contributed by atoms with Gasteiger partial charge >= 0.3 is 0 Å². The number of nitrogens with two attached hydrogens (primary N) is 3. The standard InChI is InChI=1S/C11H29N7/c12-2-1-11(14)18-10-9-17-8-7-16-6-5-15-4-3-13/h15-17H,1-10,12-13H2,(H2,14,18). The van der Waals surface area contributed by atoms with Gasteiger partial charge in [-0.2, -0.15) is 0 Å². The van der Waals surface area contributed by atoms with Gasteiger partial charge in [0.05, 0.1) is 12.4 Å². The van der Waals surface area contributed by atoms with Crippen molar-refractivity contribution < 1.29 is 0 Å². The second-order valence-corrected chi connectivity index (χ2v) is 3.95. The third-order valence-electron chi connectivity index (χ3n) is 2.28. The van der Waals surface area contributed by atoms with Gasteiger partial charge < -0.3 is 33.2 Å². The molecule has 0 atom stereocenters. The molecule has 0 unspecified atom stereocenters. The van der Waals surface area contributed by atoms with Gasteiger partial charge in [0, 0.05) is 52.2 Å². The number of hydrogen-bond donors (Lipinski definition) is 6. The Morgan fingerprint density at radius 3 is 1.89 bits per heavy atom. The van der Waals surface area contributed by atoms with E-state index >= 15 is 0 Å². The van der Waals surface area contributed by atoms with E-state index in [0.29, 0.717) is 31.9 Å². The van der Waals surface area contributed by atoms with Gasteiger partial charge in [0.15, 0.2) is 0 Å². The van der Waals surface area contributed by atoms with Gasteiger partial charge in [0.1, 0.15) is 0 Å². The Hall–Kier alpha value is -0.730. The smallest absolute Gasteiger partial charge is 0.0950 e. The molecule has 0 aromatic carbocycles. The molecule has 0 aliphatic carbocycles. The van der Waals surface area contributed by atoms with E-state index in [0.717, 1.165) is 39.3 Å². The van der Waals surface area contributed by atoms with Crippen molar-refractivity contribution in [1.82, 2.24) is 16.0 Å². The van der Waals surface area contributed by atoms with E-state index in [1.54, 1.807) is 0 Å². The van der Waals surface area contributed by atoms with Gasteiger partial charge in [-0.1, -0.05) is 0 Å². The zero-order valence-corrected chi connectivity index (χ0v) is 11.3. The summed E-state index contributed by atoms with van der Waals surface area (Å²) in [6, 6.07) is 0. The van der Waals surface area contributed by atoms with Crippen molar-refractivity contribution >= 4 is 5.84 Å². The molecule has 7 heteroatoms. The molecule has 7 nitrogen and oxygen atoms in total. The first-order valence-electron chi connectivity index (χ1n) is 6.62. The molecule has 108 valence electrons. The van der Waals surface area contributed by atoms with Gasteiger partial charge in [0.25, 0.3) is 0 Å². The summed E-state index contributed by atoms with van der Waals surface area (Å²) >= 11 is 0. The van der Waals surface area contributed by atoms with Crippen molar-refractivity contribution in [3.8, 4) is 0 Å². The Kier molecular flexibility index (Phi) is 13.8. The number of nitrogens with zero attached hydrogens (tertiary/aromatic N) is 1. The molecule has 0 saturated carbocycles. The fraction of sp³-hybridized carbons (Fsp3) is 0.909. The number of rotatable bonds is 13. The predicted octanol–water partition coefficient (Wildman–Crippen LogP) is -2.58. The van der Waals surface area contributed by atoms with Gasteiger partial charge in [-0.15, -0.1) is 0 Å². The summed E-state index contributed by atoms with van der Waals surface area (Å²) in [7, 11) is 0. The molecule has 0 spiro atoms. The zero-order valence-electron chi connectivity index (χ0n) is 11.3. The van der Waals surface area contributed by atoms with E-state index in [4.69, 9.17) is 17.2 Å². The average molecular weight is 259 g/mol. The fourth-order valence-electron chi connectivity index (χ4n) is 1.34. The summed E-state index contributed by atoms with van der Waals surface area (Å²) in [5.41, 5.74) is 16.3. The largest absolute Gasteiger partial charge is 0.387 e. The molecule has 0 radical (unpaired) electrons. The van der Waals surface area contributed by atoms with Crippen molar-refractivity contribution in [2.24, 2.45) is 22.2 Å². The first-order valence-corrected chi connectivity index (χ1v) is 6.62. The molecule has 0 aliphatic rings. The summed E-state index contributed by atoms with van der Waals surface area (Å²) in [4.78, 5) is 4.19. The zero-order chi connectivity index (χ0) is 13.5. The summed E-state index contributed by atoms with van der Waals surface area (Å²) in [5, 5.41) is 9.83. The third-order valence-corrected chi connectivity index (χ3v) is 2.28. The lowest BCUT2D eigenvalue weighted by Gasteiger charge is -2.06. The molecule has 18 heavy (non-hydrogen) atoms. The molecule has 0 saturated heterocycles. The van der Waals surface area contributed by atoms with Crippen LogP contribution >= 0.6 is 0 Å². The minimum Gasteiger partial charge on any atom is -0.387 e. The maximum absolute atomic E-state index is 5.62. The molecule has 0 aliphatic heterocycles. The Labute approximate surface area is 110 Å². The monoisotopic (exact) mass is 259 g/mol. The molecular weight excluding hydrogens is 230 g/mol. The number of amidine groups is 1. The second kappa shape index (κ2) is 14.3. The van der Waals surface area contributed by atoms with Gasteiger partial charge in [0.2, 0.25) is 0 Å². The first kappa shape index (κ1) is 17.3. The Bertz CT molecular complexity index is 196. The van der Waals surface area contributed by atoms with E-state index in [1.807, 2.05) is 0 Å². The number of aliphatic imine (C=N–C) groups is 1. The number of nitrogens with one attached hydrogen (secondary N) is 3. The topological polar surface area (TPSA) is 127 Å². The molecule has 0 rings (SSSR count). The van der Waals surface area contributed by atoms with Crippen LogP contribution in [0.2, 0.25) is 0 Å². The van der Waals surface area contributed by atoms with E-state index < -0.39 is 0 Å². The van der Waals surface area contributed by atoms with Crippen molar-refractivity contribution in [1.29, 1.82) is 0 Å². The van der Waals surface area contributed by atoms with E-state index in [1.165, 1.54) is 0 Å². The Morgan fingerprint density at radius 1 is 0.778 bits per heavy atom. The van der Waals surface area contributed by atoms with Crippen LogP contribution in [-0.2, 0) is 0 Å². The fourth-order valence-corrected chi connectivity index (χ4v) is 1.34. The van der Waals surface area contributed by atoms with Crippen LogP contribution < -0.4 is 33.2 Å². The predicted molar refractivity (Wildman–Crippen MR) is 77.8 cm³/mol. The van der Waals surface area contributed by atoms with Crippen LogP contribution in [0.5, 0.6) is 0 Å². The second-order valence-electron chi connectivity index (χ2n) is 3.95. The Balaban J connectivity index is 3.09. The van der Waals surface area contributed by atoms with Crippen LogP contribution in [0.1, 0.15) is 6.42 Å². The lowest BCUT2D eigenvalue weighted by atomic mass is 10.4. The Morgan fingerprint density at radius 2 is 1.33 bits per heavy atom. The maximum atomic E-state index is 5.62. The van der Waals surface area contributed by atoms with Crippen LogP contribution in [0.15, 0.2) is 4.99 Å². The first-order chi connectivity index (χ1) is 8.81. The van der Waals surface area contributed by atoms with Crippen molar-refractivity contribution in [3.63, 3.8) is 0 Å². The van der Waals surface area contributed by atoms with E-state index in [9.17, 15) is 0 Å². The number of hydrogen-bond acceptors (Lipinski definition) is 6. The SMILES string of the molecule is NCCNCCNCCNCCN=C(N)CCN. The van der Waals surface area contributed by atoms with Gasteiger partial charge in [-0.05, 0) is 6.54 Å². The van der Waals surface area contributed by atoms with Crippen LogP contribution in [0.3, 0.4) is 0 Å². The lowest BCUT2D eigenvalue weighted by molar-refractivity contribution is 0.586. The maximum Gasteiger partial charge on any atom is 0.0950 e. The summed E-state index contributed by atoms with van der Waals surface area (Å²) in [5.74, 6) is 0.642. The van der Waals surface area contributed by atoms with E-state index in [-0.39, 0.29) is 0 Å². The molecule has 0 bridgehead atoms. The minimum atomic E-state index is 0.560. The van der Waals surface area contributed by atoms with Crippen molar-refractivity contribution in [2.45, 2.75) is 6.42 Å². The lowest BCUT2D eigenvalue weighted by Crippen LogP contribution is -2.34. The molecule has 0 heterocycles. The minimum absolute atomic E-state index is 0.560. The highest BCUT2D eigenvalue weighted by atomic mass is 15.0. The van der Waals surface area contributed by atoms with Crippen LogP contribution in [0.4, 0.5) is 0 Å². The third kappa shape index (κ3) is 13.3. The molecule has 0 amide bonds. The summed E-state index contributed by atoms with van der Waals surface area (Å²) in [6.07, 6.45) is 0.678. The molecular formula is C11H29N7. The summed E-state index contributed by atoms with van der Waals surface area (Å²) in [6.45, 7) is 7.49. The van der Waals surface area contributed by atoms with Gasteiger partial charge in [-0.25, -0.2) is 0 Å². The normalized spacial score (nSPS) is 12.0. The van der Waals surface area contributed by atoms with E-state index in [2.05, 4.69) is 20.9 Å². The average Bonchev–Trinajstić information content (AvgIpc) is 2.36. The summed E-state index contributed by atoms with van der Waals surface area (Å²) < 4.78 is 0.